The topological polar surface area (TPSA) is 147 Å². The number of hydrogen-bond donors (Lipinski definition) is 2. The predicted octanol–water partition coefficient (Wildman–Crippen LogP) is 10.0. The van der Waals surface area contributed by atoms with Gasteiger partial charge in [0.1, 0.15) is 34.8 Å². The van der Waals surface area contributed by atoms with Crippen molar-refractivity contribution >= 4 is 62.9 Å². The molecule has 7 aromatic rings. The maximum Gasteiger partial charge on any atom is 0.293 e. The minimum atomic E-state index is -3.91. The van der Waals surface area contributed by atoms with Crippen LogP contribution in [0.4, 0.5) is 32.2 Å². The first kappa shape index (κ1) is 51.0. The Bertz CT molecular complexity index is 3500. The Morgan fingerprint density at radius 1 is 0.932 bits per heavy atom. The van der Waals surface area contributed by atoms with Crippen molar-refractivity contribution < 1.29 is 44.0 Å². The molecular weight excluding hydrogens is 1020 g/mol. The van der Waals surface area contributed by atoms with Gasteiger partial charge in [0.2, 0.25) is 15.9 Å². The molecule has 2 saturated carbocycles. The van der Waals surface area contributed by atoms with Gasteiger partial charge in [-0.1, -0.05) is 105 Å². The summed E-state index contributed by atoms with van der Waals surface area (Å²) in [6.07, 6.45) is -1.60. The summed E-state index contributed by atoms with van der Waals surface area (Å²) in [5, 5.41) is 10.5. The van der Waals surface area contributed by atoms with Crippen molar-refractivity contribution in [3.63, 3.8) is 0 Å². The molecule has 4 atom stereocenters. The zero-order chi connectivity index (χ0) is 52.9. The Hall–Kier alpha value is -6.46. The summed E-state index contributed by atoms with van der Waals surface area (Å²) in [6, 6.07) is 27.1. The van der Waals surface area contributed by atoms with E-state index in [9.17, 15) is 22.0 Å². The highest BCUT2D eigenvalue weighted by molar-refractivity contribution is 7.92. The van der Waals surface area contributed by atoms with Gasteiger partial charge < -0.3 is 10.2 Å². The number of carbonyl (C=O) groups is 1. The molecule has 4 aromatic carbocycles. The number of aromatic nitrogens is 5. The molecule has 11 nitrogen and oxygen atoms in total. The maximum atomic E-state index is 16.5. The molecule has 0 saturated heterocycles. The van der Waals surface area contributed by atoms with Crippen LogP contribution in [0.25, 0.3) is 22.0 Å². The number of carbonyl (C=O) groups excluding carboxylic acids is 1. The molecule has 3 heterocycles. The van der Waals surface area contributed by atoms with Crippen molar-refractivity contribution in [2.24, 2.45) is 24.1 Å². The molecule has 3 aliphatic carbocycles. The quantitative estimate of drug-likeness (QED) is 0.0591. The zero-order valence-corrected chi connectivity index (χ0v) is 43.3. The summed E-state index contributed by atoms with van der Waals surface area (Å²) in [5.74, 6) is -4.29. The molecule has 0 bridgehead atoms. The number of amides is 1. The number of nitrogens with one attached hydrogen (secondary N) is 1. The third kappa shape index (κ3) is 9.06. The molecule has 10 rings (SSSR count). The molecule has 0 spiro atoms. The van der Waals surface area contributed by atoms with Gasteiger partial charge in [0, 0.05) is 41.6 Å². The number of alkyl halides is 4. The number of benzene rings is 4. The predicted molar refractivity (Wildman–Crippen MR) is 272 cm³/mol. The molecule has 3 aliphatic rings. The smallest absolute Gasteiger partial charge is 0.293 e. The Labute approximate surface area is 429 Å². The van der Waals surface area contributed by atoms with Crippen LogP contribution in [0.5, 0.6) is 0 Å². The zero-order valence-electron chi connectivity index (χ0n) is 40.7. The highest BCUT2D eigenvalue weighted by atomic mass is 35.5. The van der Waals surface area contributed by atoms with E-state index in [2.05, 4.69) is 71.8 Å². The second-order valence-corrected chi connectivity index (χ2v) is 27.1. The van der Waals surface area contributed by atoms with Gasteiger partial charge in [0.25, 0.3) is 20.7 Å². The van der Waals surface area contributed by atoms with Crippen molar-refractivity contribution in [3.05, 3.63) is 154 Å². The Kier molecular flexibility index (Phi) is 12.7. The van der Waals surface area contributed by atoms with E-state index in [1.165, 1.54) is 17.8 Å². The van der Waals surface area contributed by atoms with E-state index < -0.39 is 95.2 Å². The minimum Gasteiger partial charge on any atom is -0.406 e. The first-order valence-electron chi connectivity index (χ1n) is 23.9. The number of primary amides is 1. The highest BCUT2D eigenvalue weighted by Gasteiger charge is 2.68. The third-order valence-corrected chi connectivity index (χ3v) is 20.4. The van der Waals surface area contributed by atoms with Gasteiger partial charge in [0.15, 0.2) is 5.82 Å². The van der Waals surface area contributed by atoms with E-state index in [0.29, 0.717) is 23.6 Å². The fourth-order valence-electron chi connectivity index (χ4n) is 11.0. The van der Waals surface area contributed by atoms with Gasteiger partial charge in [0.05, 0.1) is 39.9 Å². The summed E-state index contributed by atoms with van der Waals surface area (Å²) >= 11 is 6.76. The summed E-state index contributed by atoms with van der Waals surface area (Å²) in [4.78, 5) is 19.3. The third-order valence-electron chi connectivity index (χ3n) is 14.5. The van der Waals surface area contributed by atoms with Crippen molar-refractivity contribution in [2.45, 2.75) is 81.7 Å². The average Bonchev–Trinajstić information content (AvgIpc) is 4.23. The molecule has 3 aromatic heterocycles. The van der Waals surface area contributed by atoms with Crippen LogP contribution >= 0.6 is 11.6 Å². The van der Waals surface area contributed by atoms with Crippen molar-refractivity contribution in [1.29, 1.82) is 0 Å². The number of aryl methyl sites for hydroxylation is 1. The molecule has 0 aliphatic heterocycles. The first-order valence-corrected chi connectivity index (χ1v) is 28.1. The molecule has 0 radical (unpaired) electrons. The summed E-state index contributed by atoms with van der Waals surface area (Å²) in [7, 11) is -5.39. The molecule has 3 N–H and O–H groups in total. The van der Waals surface area contributed by atoms with Crippen LogP contribution in [-0.4, -0.2) is 60.0 Å². The lowest BCUT2D eigenvalue weighted by Crippen LogP contribution is -2.67. The monoisotopic (exact) mass is 1070 g/mol. The van der Waals surface area contributed by atoms with Crippen LogP contribution in [0.15, 0.2) is 103 Å². The highest BCUT2D eigenvalue weighted by Crippen LogP contribution is 2.68. The number of sulfonamides is 1. The number of anilines is 1. The molecule has 1 amide bonds. The number of hydrogen-bond acceptors (Lipinski definition) is 7. The lowest BCUT2D eigenvalue weighted by molar-refractivity contribution is -0.122. The van der Waals surface area contributed by atoms with E-state index in [1.54, 1.807) is 18.2 Å². The van der Waals surface area contributed by atoms with Crippen LogP contribution in [0, 0.1) is 34.8 Å². The Morgan fingerprint density at radius 3 is 2.12 bits per heavy atom. The number of nitrogens with two attached hydrogens (primary N) is 1. The second kappa shape index (κ2) is 18.4. The average molecular weight is 1070 g/mol. The fraction of sp³-hybridized carbons (Fsp3) is 0.333. The SMILES string of the molecule is Cn1nc(NS(C)(=O)=O)c2c(Cl)ccc(-c3ccc(C#CC4(CO[Si](c5ccccc5)(c5ccccc5)C(C)(C)C)CC4)nc3[C@@H](Cc3cc(F)cc(F)c3)C(C(N)=O)n3nc(C(F)F)c4c3C(F)(F)[C@@H]3C[C@H]43)c21. The summed E-state index contributed by atoms with van der Waals surface area (Å²) < 4.78 is 130. The first-order chi connectivity index (χ1) is 34.9. The summed E-state index contributed by atoms with van der Waals surface area (Å²) in [6.45, 7) is 6.77. The largest absolute Gasteiger partial charge is 0.406 e. The fourth-order valence-corrected chi connectivity index (χ4v) is 16.4. The summed E-state index contributed by atoms with van der Waals surface area (Å²) in [5.41, 5.74) is 4.13. The normalized spacial score (nSPS) is 18.3. The number of rotatable bonds is 15. The minimum absolute atomic E-state index is 0.0608. The number of halogens is 7. The number of nitrogens with zero attached hydrogens (tertiary/aromatic N) is 5. The Balaban J connectivity index is 1.17. The van der Waals surface area contributed by atoms with Gasteiger partial charge in [-0.2, -0.15) is 19.0 Å². The van der Waals surface area contributed by atoms with Crippen molar-refractivity contribution in [2.75, 3.05) is 17.6 Å². The molecule has 74 heavy (non-hydrogen) atoms. The van der Waals surface area contributed by atoms with Gasteiger partial charge >= 0.3 is 0 Å². The van der Waals surface area contributed by atoms with E-state index >= 15 is 17.6 Å². The molecular formula is C54H50ClF6N7O4SSi. The maximum absolute atomic E-state index is 16.5. The van der Waals surface area contributed by atoms with Crippen molar-refractivity contribution in [3.8, 4) is 23.0 Å². The van der Waals surface area contributed by atoms with Gasteiger partial charge in [-0.15, -0.1) is 0 Å². The van der Waals surface area contributed by atoms with Crippen molar-refractivity contribution in [1.82, 2.24) is 24.5 Å². The molecule has 2 fully saturated rings. The standard InChI is InChI=1S/C54H50ClF6N7O4SSi/c1-52(2,3)74(34-12-8-6-9-13-34,35-14-10-7-11-15-35)72-29-53(22-23-53)21-20-33-16-17-36(37-18-19-41(55)43-46(37)67(4)65-51(43)66-73(5,70)71)44(63-33)39(26-30-24-31(56)27-32(57)25-30)47(50(62)69)68-48-42(45(64-68)49(58)59)38-28-40(38)54(48,60)61/h6-19,24-25,27,38-40,47,49H,22-23,26,28-29H2,1-5H3,(H2,62,69)(H,65,66)/t38-,39+,40+,47?/m0/s1. The second-order valence-electron chi connectivity index (χ2n) is 20.7. The number of fused-ring (bicyclic) bond motifs is 4. The lowest BCUT2D eigenvalue weighted by Gasteiger charge is -2.43. The van der Waals surface area contributed by atoms with Crippen LogP contribution in [0.2, 0.25) is 10.1 Å². The molecule has 1 unspecified atom stereocenters. The number of pyridine rings is 1. The van der Waals surface area contributed by atoms with Gasteiger partial charge in [-0.25, -0.2) is 35.6 Å². The van der Waals surface area contributed by atoms with Crippen LogP contribution < -0.4 is 20.8 Å². The van der Waals surface area contributed by atoms with E-state index in [0.717, 1.165) is 28.8 Å². The van der Waals surface area contributed by atoms with E-state index in [-0.39, 0.29) is 73.5 Å². The van der Waals surface area contributed by atoms with Crippen LogP contribution in [0.3, 0.4) is 0 Å². The molecule has 384 valence electrons. The van der Waals surface area contributed by atoms with E-state index in [1.807, 2.05) is 36.4 Å². The van der Waals surface area contributed by atoms with E-state index in [4.69, 9.17) is 26.7 Å². The Morgan fingerprint density at radius 2 is 1.55 bits per heavy atom. The van der Waals surface area contributed by atoms with Gasteiger partial charge in [-0.05, 0) is 88.8 Å². The lowest BCUT2D eigenvalue weighted by atomic mass is 9.84. The van der Waals surface area contributed by atoms with Crippen LogP contribution in [0.1, 0.15) is 98.2 Å². The van der Waals surface area contributed by atoms with Crippen LogP contribution in [-0.2, 0) is 38.6 Å². The molecule has 20 heteroatoms. The van der Waals surface area contributed by atoms with Gasteiger partial charge in [-0.3, -0.25) is 14.2 Å².